The van der Waals surface area contributed by atoms with Crippen LogP contribution in [0.2, 0.25) is 0 Å². The highest BCUT2D eigenvalue weighted by molar-refractivity contribution is 7.00. The third-order valence-corrected chi connectivity index (χ3v) is 7.78. The Kier molecular flexibility index (Phi) is 3.36. The molecule has 3 nitrogen and oxygen atoms in total. The van der Waals surface area contributed by atoms with Crippen molar-refractivity contribution < 1.29 is 13.9 Å². The van der Waals surface area contributed by atoms with Gasteiger partial charge in [0.1, 0.15) is 34.2 Å². The first-order valence-electron chi connectivity index (χ1n) is 12.2. The van der Waals surface area contributed by atoms with Gasteiger partial charge in [-0.1, -0.05) is 78.9 Å². The van der Waals surface area contributed by atoms with Crippen LogP contribution in [-0.2, 0) is 0 Å². The van der Waals surface area contributed by atoms with E-state index in [9.17, 15) is 0 Å². The summed E-state index contributed by atoms with van der Waals surface area (Å²) >= 11 is 0. The number of ether oxygens (including phenoxy) is 2. The molecule has 0 unspecified atom stereocenters. The van der Waals surface area contributed by atoms with Crippen molar-refractivity contribution in [2.75, 3.05) is 0 Å². The average molecular weight is 460 g/mol. The average Bonchev–Trinajstić information content (AvgIpc) is 3.29. The van der Waals surface area contributed by atoms with Crippen molar-refractivity contribution in [3.63, 3.8) is 0 Å². The Bertz CT molecular complexity index is 2070. The minimum absolute atomic E-state index is 0.0173. The maximum absolute atomic E-state index is 6.70. The molecule has 2 aliphatic heterocycles. The van der Waals surface area contributed by atoms with Gasteiger partial charge in [0.2, 0.25) is 0 Å². The van der Waals surface area contributed by atoms with Crippen LogP contribution < -0.4 is 25.9 Å². The maximum atomic E-state index is 6.70. The van der Waals surface area contributed by atoms with Crippen LogP contribution in [0.25, 0.3) is 43.5 Å². The number of fused-ring (bicyclic) bond motifs is 12. The molecule has 3 heterocycles. The van der Waals surface area contributed by atoms with Crippen LogP contribution in [0.5, 0.6) is 23.0 Å². The predicted octanol–water partition coefficient (Wildman–Crippen LogP) is 6.62. The summed E-state index contributed by atoms with van der Waals surface area (Å²) < 4.78 is 19.4. The smallest absolute Gasteiger partial charge is 0.261 e. The highest BCUT2D eigenvalue weighted by Gasteiger charge is 2.42. The number of hydrogen-bond donors (Lipinski definition) is 0. The van der Waals surface area contributed by atoms with E-state index in [0.717, 1.165) is 61.2 Å². The molecule has 6 aromatic carbocycles. The van der Waals surface area contributed by atoms with E-state index in [1.165, 1.54) is 21.6 Å². The standard InChI is InChI=1S/C32H17BO3/c1-3-11-21-18(8-1)19-9-2-4-12-22(19)32-30(21)33-24-16-23-20-10-5-6-13-25(20)34-28(23)17-29(24)35-26-14-7-15-27(36-32)31(26)33/h1-17H. The maximum Gasteiger partial charge on any atom is 0.261 e. The van der Waals surface area contributed by atoms with Crippen molar-refractivity contribution >= 4 is 66.6 Å². The van der Waals surface area contributed by atoms with E-state index in [0.29, 0.717) is 0 Å². The second kappa shape index (κ2) is 6.49. The molecular formula is C32H17BO3. The van der Waals surface area contributed by atoms with E-state index >= 15 is 0 Å². The van der Waals surface area contributed by atoms with Crippen molar-refractivity contribution in [3.8, 4) is 23.0 Å². The first kappa shape index (κ1) is 18.6. The summed E-state index contributed by atoms with van der Waals surface area (Å²) in [5.74, 6) is 3.46. The van der Waals surface area contributed by atoms with Gasteiger partial charge in [-0.2, -0.15) is 0 Å². The summed E-state index contributed by atoms with van der Waals surface area (Å²) in [6.07, 6.45) is 0. The number of hydrogen-bond acceptors (Lipinski definition) is 3. The zero-order chi connectivity index (χ0) is 23.4. The van der Waals surface area contributed by atoms with Crippen LogP contribution in [0.3, 0.4) is 0 Å². The van der Waals surface area contributed by atoms with Gasteiger partial charge in [-0.05, 0) is 45.3 Å². The van der Waals surface area contributed by atoms with Crippen molar-refractivity contribution in [2.24, 2.45) is 0 Å². The van der Waals surface area contributed by atoms with Crippen molar-refractivity contribution in [1.82, 2.24) is 0 Å². The lowest BCUT2D eigenvalue weighted by atomic mass is 9.34. The van der Waals surface area contributed by atoms with Crippen molar-refractivity contribution in [1.29, 1.82) is 0 Å². The van der Waals surface area contributed by atoms with Crippen LogP contribution in [0.1, 0.15) is 0 Å². The molecule has 9 rings (SSSR count). The third-order valence-electron chi connectivity index (χ3n) is 7.78. The molecule has 0 radical (unpaired) electrons. The van der Waals surface area contributed by atoms with E-state index in [1.54, 1.807) is 0 Å². The predicted molar refractivity (Wildman–Crippen MR) is 146 cm³/mol. The molecule has 0 saturated heterocycles. The highest BCUT2D eigenvalue weighted by atomic mass is 16.5. The molecule has 0 bridgehead atoms. The second-order valence-corrected chi connectivity index (χ2v) is 9.62. The van der Waals surface area contributed by atoms with Gasteiger partial charge in [-0.3, -0.25) is 0 Å². The van der Waals surface area contributed by atoms with Crippen molar-refractivity contribution in [2.45, 2.75) is 0 Å². The SMILES string of the molecule is c1cc2c3c(c1)Oc1c(c4ccccc4c4ccccc14)B3c1cc3c(cc1O2)oc1ccccc13. The fourth-order valence-electron chi connectivity index (χ4n) is 6.29. The van der Waals surface area contributed by atoms with Crippen LogP contribution in [0.15, 0.2) is 108 Å². The molecule has 0 aliphatic carbocycles. The molecule has 7 aromatic rings. The van der Waals surface area contributed by atoms with Gasteiger partial charge in [-0.25, -0.2) is 0 Å². The normalized spacial score (nSPS) is 13.4. The summed E-state index contributed by atoms with van der Waals surface area (Å²) in [7, 11) is 0. The van der Waals surface area contributed by atoms with Gasteiger partial charge in [-0.15, -0.1) is 0 Å². The van der Waals surface area contributed by atoms with Crippen LogP contribution >= 0.6 is 0 Å². The van der Waals surface area contributed by atoms with E-state index in [4.69, 9.17) is 13.9 Å². The molecule has 166 valence electrons. The van der Waals surface area contributed by atoms with Gasteiger partial charge in [0, 0.05) is 27.7 Å². The molecule has 0 spiro atoms. The van der Waals surface area contributed by atoms with E-state index < -0.39 is 0 Å². The number of rotatable bonds is 0. The Hall–Kier alpha value is -4.70. The van der Waals surface area contributed by atoms with E-state index in [2.05, 4.69) is 78.9 Å². The van der Waals surface area contributed by atoms with Gasteiger partial charge >= 0.3 is 0 Å². The molecule has 0 atom stereocenters. The topological polar surface area (TPSA) is 31.6 Å². The zero-order valence-corrected chi connectivity index (χ0v) is 19.1. The third kappa shape index (κ3) is 2.24. The molecule has 0 saturated carbocycles. The zero-order valence-electron chi connectivity index (χ0n) is 19.1. The Labute approximate surface area is 206 Å². The largest absolute Gasteiger partial charge is 0.458 e. The molecule has 0 N–H and O–H groups in total. The highest BCUT2D eigenvalue weighted by Crippen LogP contribution is 2.41. The number of para-hydroxylation sites is 1. The Balaban J connectivity index is 1.46. The Morgan fingerprint density at radius 1 is 0.444 bits per heavy atom. The molecule has 0 fully saturated rings. The lowest BCUT2D eigenvalue weighted by Gasteiger charge is -2.34. The second-order valence-electron chi connectivity index (χ2n) is 9.62. The molecule has 36 heavy (non-hydrogen) atoms. The summed E-state index contributed by atoms with van der Waals surface area (Å²) in [5, 5.41) is 7.00. The fraction of sp³-hybridized carbons (Fsp3) is 0. The van der Waals surface area contributed by atoms with E-state index in [-0.39, 0.29) is 6.71 Å². The van der Waals surface area contributed by atoms with Gasteiger partial charge < -0.3 is 13.9 Å². The number of furan rings is 1. The van der Waals surface area contributed by atoms with Crippen LogP contribution in [0.4, 0.5) is 0 Å². The van der Waals surface area contributed by atoms with Gasteiger partial charge in [0.15, 0.2) is 0 Å². The lowest BCUT2D eigenvalue weighted by molar-refractivity contribution is 0.467. The molecular weight excluding hydrogens is 443 g/mol. The lowest BCUT2D eigenvalue weighted by Crippen LogP contribution is -2.57. The summed E-state index contributed by atoms with van der Waals surface area (Å²) in [4.78, 5) is 0. The molecule has 2 aliphatic rings. The van der Waals surface area contributed by atoms with Crippen molar-refractivity contribution in [3.05, 3.63) is 103 Å². The molecule has 1 aromatic heterocycles. The molecule has 4 heteroatoms. The minimum atomic E-state index is -0.0173. The van der Waals surface area contributed by atoms with Gasteiger partial charge in [0.25, 0.3) is 6.71 Å². The van der Waals surface area contributed by atoms with Crippen LogP contribution in [0, 0.1) is 0 Å². The Morgan fingerprint density at radius 3 is 1.94 bits per heavy atom. The number of benzene rings is 6. The summed E-state index contributed by atoms with van der Waals surface area (Å²) in [5.41, 5.74) is 5.15. The fourth-order valence-corrected chi connectivity index (χ4v) is 6.29. The first-order valence-corrected chi connectivity index (χ1v) is 12.2. The van der Waals surface area contributed by atoms with Crippen LogP contribution in [-0.4, -0.2) is 6.71 Å². The summed E-state index contributed by atoms with van der Waals surface area (Å²) in [6.45, 7) is -0.0173. The Morgan fingerprint density at radius 2 is 1.11 bits per heavy atom. The minimum Gasteiger partial charge on any atom is -0.458 e. The molecule has 0 amide bonds. The monoisotopic (exact) mass is 460 g/mol. The van der Waals surface area contributed by atoms with Gasteiger partial charge in [0.05, 0.1) is 0 Å². The quantitative estimate of drug-likeness (QED) is 0.188. The first-order chi connectivity index (χ1) is 17.8. The van der Waals surface area contributed by atoms with E-state index in [1.807, 2.05) is 24.3 Å². The summed E-state index contributed by atoms with van der Waals surface area (Å²) in [6, 6.07) is 35.8.